The van der Waals surface area contributed by atoms with Gasteiger partial charge in [0.2, 0.25) is 0 Å². The zero-order valence-electron chi connectivity index (χ0n) is 12.6. The molecule has 110 valence electrons. The fourth-order valence-electron chi connectivity index (χ4n) is 2.95. The van der Waals surface area contributed by atoms with Crippen molar-refractivity contribution in [2.24, 2.45) is 5.41 Å². The normalized spacial score (nSPS) is 20.4. The van der Waals surface area contributed by atoms with Gasteiger partial charge in [0.05, 0.1) is 0 Å². The summed E-state index contributed by atoms with van der Waals surface area (Å²) in [7, 11) is 0. The first-order valence-electron chi connectivity index (χ1n) is 7.53. The Morgan fingerprint density at radius 2 is 1.81 bits per heavy atom. The quantitative estimate of drug-likeness (QED) is 0.460. The molecule has 1 aliphatic rings. The molecule has 3 rings (SSSR count). The van der Waals surface area contributed by atoms with Gasteiger partial charge in [-0.2, -0.15) is 0 Å². The van der Waals surface area contributed by atoms with Gasteiger partial charge < -0.3 is 4.74 Å². The predicted molar refractivity (Wildman–Crippen MR) is 91.3 cm³/mol. The Morgan fingerprint density at radius 1 is 1.05 bits per heavy atom. The maximum absolute atomic E-state index is 5.96. The first-order chi connectivity index (χ1) is 10.0. The van der Waals surface area contributed by atoms with Crippen molar-refractivity contribution >= 4 is 15.9 Å². The van der Waals surface area contributed by atoms with Crippen LogP contribution < -0.4 is 4.74 Å². The third-order valence-corrected chi connectivity index (χ3v) is 5.05. The van der Waals surface area contributed by atoms with Crippen LogP contribution >= 0.6 is 15.9 Å². The second-order valence-electron chi connectivity index (χ2n) is 6.61. The highest BCUT2D eigenvalue weighted by Crippen LogP contribution is 2.44. The van der Waals surface area contributed by atoms with Gasteiger partial charge in [-0.25, -0.2) is 0 Å². The largest absolute Gasteiger partial charge is 0.457 e. The van der Waals surface area contributed by atoms with Gasteiger partial charge in [0, 0.05) is 4.83 Å². The molecule has 2 aromatic carbocycles. The molecular weight excluding hydrogens is 324 g/mol. The molecule has 0 saturated heterocycles. The molecule has 1 aliphatic carbocycles. The highest BCUT2D eigenvalue weighted by Gasteiger charge is 2.28. The number of halogens is 1. The molecule has 0 fully saturated rings. The van der Waals surface area contributed by atoms with Gasteiger partial charge in [-0.3, -0.25) is 0 Å². The first kappa shape index (κ1) is 14.6. The van der Waals surface area contributed by atoms with Gasteiger partial charge in [0.25, 0.3) is 0 Å². The topological polar surface area (TPSA) is 9.23 Å². The lowest BCUT2D eigenvalue weighted by atomic mass is 9.84. The Labute approximate surface area is 135 Å². The van der Waals surface area contributed by atoms with Crippen LogP contribution in [-0.4, -0.2) is 0 Å². The number of alkyl halides is 1. The van der Waals surface area contributed by atoms with Gasteiger partial charge in [-0.15, -0.1) is 0 Å². The number of hydrogen-bond acceptors (Lipinski definition) is 1. The van der Waals surface area contributed by atoms with Gasteiger partial charge in [-0.1, -0.05) is 54.0 Å². The average Bonchev–Trinajstić information content (AvgIpc) is 2.57. The lowest BCUT2D eigenvalue weighted by Crippen LogP contribution is -2.11. The summed E-state index contributed by atoms with van der Waals surface area (Å²) in [6.45, 7) is 4.71. The summed E-state index contributed by atoms with van der Waals surface area (Å²) in [5.74, 6) is 1.81. The molecule has 0 aliphatic heterocycles. The van der Waals surface area contributed by atoms with Crippen LogP contribution in [0.3, 0.4) is 0 Å². The second kappa shape index (κ2) is 5.84. The maximum atomic E-state index is 5.96. The average molecular weight is 345 g/mol. The molecule has 0 bridgehead atoms. The minimum Gasteiger partial charge on any atom is -0.457 e. The van der Waals surface area contributed by atoms with E-state index < -0.39 is 0 Å². The van der Waals surface area contributed by atoms with Crippen molar-refractivity contribution < 1.29 is 4.74 Å². The van der Waals surface area contributed by atoms with E-state index >= 15 is 0 Å². The zero-order chi connectivity index (χ0) is 14.9. The molecule has 0 amide bonds. The lowest BCUT2D eigenvalue weighted by molar-refractivity contribution is 0.316. The molecule has 2 heteroatoms. The van der Waals surface area contributed by atoms with Crippen LogP contribution in [0.25, 0.3) is 0 Å². The predicted octanol–water partition coefficient (Wildman–Crippen LogP) is 6.28. The second-order valence-corrected chi connectivity index (χ2v) is 7.72. The van der Waals surface area contributed by atoms with Crippen LogP contribution in [-0.2, 0) is 6.42 Å². The van der Waals surface area contributed by atoms with Crippen molar-refractivity contribution in [2.75, 3.05) is 0 Å². The Morgan fingerprint density at radius 3 is 2.57 bits per heavy atom. The Balaban J connectivity index is 1.88. The summed E-state index contributed by atoms with van der Waals surface area (Å²) < 4.78 is 5.96. The van der Waals surface area contributed by atoms with E-state index in [4.69, 9.17) is 4.74 Å². The number of fused-ring (bicyclic) bond motifs is 1. The number of rotatable bonds is 2. The Hall–Kier alpha value is -1.28. The monoisotopic (exact) mass is 344 g/mol. The van der Waals surface area contributed by atoms with E-state index in [1.54, 1.807) is 0 Å². The number of para-hydroxylation sites is 1. The summed E-state index contributed by atoms with van der Waals surface area (Å²) >= 11 is 3.88. The summed E-state index contributed by atoms with van der Waals surface area (Å²) in [4.78, 5) is 0.407. The molecule has 2 aromatic rings. The molecule has 1 unspecified atom stereocenters. The SMILES string of the molecule is CC1(C)CCc2ccc(Oc3ccccc3)cc2C(Br)C1. The zero-order valence-corrected chi connectivity index (χ0v) is 14.2. The molecule has 0 heterocycles. The van der Waals surface area contributed by atoms with E-state index in [-0.39, 0.29) is 0 Å². The van der Waals surface area contributed by atoms with Crippen LogP contribution in [0.15, 0.2) is 48.5 Å². The lowest BCUT2D eigenvalue weighted by Gasteiger charge is -2.24. The minimum atomic E-state index is 0.383. The molecule has 1 atom stereocenters. The van der Waals surface area contributed by atoms with E-state index in [1.165, 1.54) is 17.5 Å². The number of aryl methyl sites for hydroxylation is 1. The molecule has 0 radical (unpaired) electrons. The minimum absolute atomic E-state index is 0.383. The van der Waals surface area contributed by atoms with Crippen LogP contribution in [0.1, 0.15) is 42.6 Å². The molecule has 21 heavy (non-hydrogen) atoms. The van der Waals surface area contributed by atoms with Gasteiger partial charge in [0.1, 0.15) is 11.5 Å². The summed E-state index contributed by atoms with van der Waals surface area (Å²) in [5, 5.41) is 0. The van der Waals surface area contributed by atoms with E-state index in [2.05, 4.69) is 48.0 Å². The Bertz CT molecular complexity index is 619. The number of ether oxygens (including phenoxy) is 1. The molecule has 0 aromatic heterocycles. The standard InChI is InChI=1S/C19H21BrO/c1-19(2)11-10-14-8-9-16(12-17(14)18(20)13-19)21-15-6-4-3-5-7-15/h3-9,12,18H,10-11,13H2,1-2H3. The van der Waals surface area contributed by atoms with Crippen molar-refractivity contribution in [3.8, 4) is 11.5 Å². The van der Waals surface area contributed by atoms with Gasteiger partial charge >= 0.3 is 0 Å². The maximum Gasteiger partial charge on any atom is 0.127 e. The van der Waals surface area contributed by atoms with Crippen LogP contribution in [0.4, 0.5) is 0 Å². The van der Waals surface area contributed by atoms with Gasteiger partial charge in [0.15, 0.2) is 0 Å². The Kier molecular flexibility index (Phi) is 4.08. The van der Waals surface area contributed by atoms with Crippen LogP contribution in [0.5, 0.6) is 11.5 Å². The fourth-order valence-corrected chi connectivity index (χ4v) is 4.25. The molecule has 1 nitrogen and oxygen atoms in total. The first-order valence-corrected chi connectivity index (χ1v) is 8.45. The highest BCUT2D eigenvalue weighted by molar-refractivity contribution is 9.09. The van der Waals surface area contributed by atoms with E-state index in [0.29, 0.717) is 10.2 Å². The summed E-state index contributed by atoms with van der Waals surface area (Å²) in [5.41, 5.74) is 3.21. The number of hydrogen-bond donors (Lipinski definition) is 0. The molecule has 0 spiro atoms. The van der Waals surface area contributed by atoms with Crippen molar-refractivity contribution in [2.45, 2.75) is 37.9 Å². The van der Waals surface area contributed by atoms with Gasteiger partial charge in [-0.05, 0) is 60.1 Å². The highest BCUT2D eigenvalue weighted by atomic mass is 79.9. The molecule has 0 saturated carbocycles. The molecular formula is C19H21BrO. The molecule has 0 N–H and O–H groups in total. The fraction of sp³-hybridized carbons (Fsp3) is 0.368. The third-order valence-electron chi connectivity index (χ3n) is 4.24. The van der Waals surface area contributed by atoms with E-state index in [0.717, 1.165) is 24.3 Å². The summed E-state index contributed by atoms with van der Waals surface area (Å²) in [6, 6.07) is 16.5. The van der Waals surface area contributed by atoms with Crippen LogP contribution in [0.2, 0.25) is 0 Å². The van der Waals surface area contributed by atoms with Crippen molar-refractivity contribution in [1.29, 1.82) is 0 Å². The third kappa shape index (κ3) is 3.49. The number of benzene rings is 2. The van der Waals surface area contributed by atoms with Crippen molar-refractivity contribution in [3.63, 3.8) is 0 Å². The van der Waals surface area contributed by atoms with Crippen molar-refractivity contribution in [3.05, 3.63) is 59.7 Å². The summed E-state index contributed by atoms with van der Waals surface area (Å²) in [6.07, 6.45) is 3.55. The van der Waals surface area contributed by atoms with E-state index in [1.807, 2.05) is 30.3 Å². The smallest absolute Gasteiger partial charge is 0.127 e. The van der Waals surface area contributed by atoms with Crippen LogP contribution in [0, 0.1) is 5.41 Å². The van der Waals surface area contributed by atoms with Crippen molar-refractivity contribution in [1.82, 2.24) is 0 Å². The van der Waals surface area contributed by atoms with E-state index in [9.17, 15) is 0 Å².